The number of unbranched alkanes of at least 4 members (excludes halogenated alkanes) is 40. The smallest absolute Gasteiger partial charge is 0.221 e. The molecule has 0 aromatic carbocycles. The summed E-state index contributed by atoms with van der Waals surface area (Å²) in [5.41, 5.74) is 0. The molecule has 2 amide bonds. The third-order valence-electron chi connectivity index (χ3n) is 11.6. The minimum atomic E-state index is 0.0668. The van der Waals surface area contributed by atoms with E-state index in [2.05, 4.69) is 24.5 Å². The summed E-state index contributed by atoms with van der Waals surface area (Å²) in [6, 6.07) is 0. The predicted molar refractivity (Wildman–Crippen MR) is 236 cm³/mol. The summed E-state index contributed by atoms with van der Waals surface area (Å²) in [5.74, 6) is 0.134. The summed E-state index contributed by atoms with van der Waals surface area (Å²) >= 11 is 0. The predicted octanol–water partition coefficient (Wildman–Crippen LogP) is 16.4. The Kier molecular flexibility index (Phi) is 46.2. The topological polar surface area (TPSA) is 58.2 Å². The molecule has 0 unspecified atom stereocenters. The van der Waals surface area contributed by atoms with E-state index in [1.54, 1.807) is 0 Å². The molecule has 0 fully saturated rings. The van der Waals surface area contributed by atoms with Gasteiger partial charge in [-0.3, -0.25) is 9.59 Å². The van der Waals surface area contributed by atoms with Crippen LogP contribution in [0.5, 0.6) is 0 Å². The lowest BCUT2D eigenvalue weighted by Crippen LogP contribution is -2.37. The first-order valence-corrected chi connectivity index (χ1v) is 24.7. The first kappa shape index (κ1) is 51.9. The molecule has 0 bridgehead atoms. The molecular formula is C49H98N2O2. The number of carbonyl (C=O) groups is 2. The molecule has 0 spiro atoms. The Bertz CT molecular complexity index is 653. The monoisotopic (exact) mass is 747 g/mol. The van der Waals surface area contributed by atoms with Crippen LogP contribution < -0.4 is 10.6 Å². The van der Waals surface area contributed by atoms with Crippen LogP contribution in [0.1, 0.15) is 296 Å². The SMILES string of the molecule is CCCCCCCCCCCCCCCCCCCCCCCC(=O)NCNC(=O)CCCCCCCCCCCCCCCCCCCCCCC. The van der Waals surface area contributed by atoms with Gasteiger partial charge in [0, 0.05) is 12.8 Å². The quantitative estimate of drug-likeness (QED) is 0.0481. The van der Waals surface area contributed by atoms with Gasteiger partial charge in [-0.15, -0.1) is 0 Å². The standard InChI is InChI=1S/C49H98N2O2/c1-3-5-7-9-11-13-15-17-19-21-23-25-27-29-31-33-35-37-39-41-43-45-48(52)50-47-51-49(53)46-44-42-40-38-36-34-32-30-28-26-24-22-20-18-16-14-12-10-8-6-4-2/h3-47H2,1-2H3,(H,50,52)(H,51,53). The summed E-state index contributed by atoms with van der Waals surface area (Å²) in [7, 11) is 0. The minimum Gasteiger partial charge on any atom is -0.339 e. The highest BCUT2D eigenvalue weighted by molar-refractivity contribution is 5.78. The van der Waals surface area contributed by atoms with Crippen LogP contribution in [-0.4, -0.2) is 18.5 Å². The van der Waals surface area contributed by atoms with Crippen molar-refractivity contribution in [3.05, 3.63) is 0 Å². The van der Waals surface area contributed by atoms with Crippen molar-refractivity contribution in [1.82, 2.24) is 10.6 Å². The fourth-order valence-electron chi connectivity index (χ4n) is 7.85. The molecular weight excluding hydrogens is 649 g/mol. The third kappa shape index (κ3) is 47.0. The van der Waals surface area contributed by atoms with E-state index in [1.165, 1.54) is 244 Å². The van der Waals surface area contributed by atoms with Crippen molar-refractivity contribution in [1.29, 1.82) is 0 Å². The van der Waals surface area contributed by atoms with E-state index in [0.29, 0.717) is 12.8 Å². The number of rotatable bonds is 46. The largest absolute Gasteiger partial charge is 0.339 e. The zero-order valence-corrected chi connectivity index (χ0v) is 36.6. The maximum atomic E-state index is 12.1. The van der Waals surface area contributed by atoms with Gasteiger partial charge in [-0.1, -0.05) is 271 Å². The van der Waals surface area contributed by atoms with E-state index < -0.39 is 0 Å². The van der Waals surface area contributed by atoms with Gasteiger partial charge in [0.15, 0.2) is 0 Å². The van der Waals surface area contributed by atoms with Crippen LogP contribution in [0.25, 0.3) is 0 Å². The maximum absolute atomic E-state index is 12.1. The molecule has 0 aliphatic heterocycles. The Morgan fingerprint density at radius 1 is 0.245 bits per heavy atom. The molecule has 4 nitrogen and oxygen atoms in total. The number of hydrogen-bond donors (Lipinski definition) is 2. The molecule has 0 saturated carbocycles. The molecule has 0 aromatic heterocycles. The number of nitrogens with one attached hydrogen (secondary N) is 2. The first-order chi connectivity index (χ1) is 26.2. The van der Waals surface area contributed by atoms with Crippen molar-refractivity contribution in [2.75, 3.05) is 6.67 Å². The summed E-state index contributed by atoms with van der Waals surface area (Å²) in [5, 5.41) is 5.74. The Morgan fingerprint density at radius 2 is 0.396 bits per heavy atom. The number of hydrogen-bond acceptors (Lipinski definition) is 2. The maximum Gasteiger partial charge on any atom is 0.221 e. The molecule has 0 saturated heterocycles. The lowest BCUT2D eigenvalue weighted by atomic mass is 10.0. The second kappa shape index (κ2) is 47.1. The molecule has 0 atom stereocenters. The van der Waals surface area contributed by atoms with Crippen molar-refractivity contribution in [2.24, 2.45) is 0 Å². The summed E-state index contributed by atoms with van der Waals surface area (Å²) < 4.78 is 0. The Hall–Kier alpha value is -1.06. The minimum absolute atomic E-state index is 0.0668. The van der Waals surface area contributed by atoms with Crippen molar-refractivity contribution in [2.45, 2.75) is 296 Å². The second-order valence-electron chi connectivity index (χ2n) is 17.0. The van der Waals surface area contributed by atoms with Gasteiger partial charge in [0.05, 0.1) is 6.67 Å². The molecule has 0 aromatic rings. The molecule has 316 valence electrons. The lowest BCUT2D eigenvalue weighted by Gasteiger charge is -2.08. The van der Waals surface area contributed by atoms with Crippen molar-refractivity contribution >= 4 is 11.8 Å². The van der Waals surface area contributed by atoms with Gasteiger partial charge in [0.2, 0.25) is 11.8 Å². The van der Waals surface area contributed by atoms with E-state index in [1.807, 2.05) is 0 Å². The van der Waals surface area contributed by atoms with Gasteiger partial charge in [-0.05, 0) is 12.8 Å². The Labute approximate surface area is 334 Å². The first-order valence-electron chi connectivity index (χ1n) is 24.7. The van der Waals surface area contributed by atoms with Gasteiger partial charge in [0.1, 0.15) is 0 Å². The fourth-order valence-corrected chi connectivity index (χ4v) is 7.85. The van der Waals surface area contributed by atoms with Crippen LogP contribution in [0.4, 0.5) is 0 Å². The van der Waals surface area contributed by atoms with Gasteiger partial charge >= 0.3 is 0 Å². The second-order valence-corrected chi connectivity index (χ2v) is 17.0. The normalized spacial score (nSPS) is 11.4. The highest BCUT2D eigenvalue weighted by atomic mass is 16.2. The molecule has 0 aliphatic rings. The molecule has 0 heterocycles. The Morgan fingerprint density at radius 3 is 0.566 bits per heavy atom. The van der Waals surface area contributed by atoms with Crippen LogP contribution in [0.2, 0.25) is 0 Å². The van der Waals surface area contributed by atoms with Crippen LogP contribution in [0.15, 0.2) is 0 Å². The van der Waals surface area contributed by atoms with Crippen LogP contribution in [0.3, 0.4) is 0 Å². The van der Waals surface area contributed by atoms with Crippen molar-refractivity contribution < 1.29 is 9.59 Å². The van der Waals surface area contributed by atoms with Crippen LogP contribution in [0, 0.1) is 0 Å². The van der Waals surface area contributed by atoms with E-state index in [4.69, 9.17) is 0 Å². The number of carbonyl (C=O) groups excluding carboxylic acids is 2. The Balaban J connectivity index is 3.24. The fraction of sp³-hybridized carbons (Fsp3) is 0.959. The summed E-state index contributed by atoms with van der Waals surface area (Å²) in [4.78, 5) is 24.2. The zero-order chi connectivity index (χ0) is 38.4. The van der Waals surface area contributed by atoms with E-state index in [0.717, 1.165) is 25.7 Å². The average Bonchev–Trinajstić information content (AvgIpc) is 3.16. The lowest BCUT2D eigenvalue weighted by molar-refractivity contribution is -0.123. The van der Waals surface area contributed by atoms with Gasteiger partial charge < -0.3 is 10.6 Å². The van der Waals surface area contributed by atoms with E-state index in [-0.39, 0.29) is 18.5 Å². The van der Waals surface area contributed by atoms with E-state index in [9.17, 15) is 9.59 Å². The molecule has 53 heavy (non-hydrogen) atoms. The molecule has 0 rings (SSSR count). The highest BCUT2D eigenvalue weighted by Gasteiger charge is 2.04. The summed E-state index contributed by atoms with van der Waals surface area (Å²) in [6.07, 6.45) is 58.9. The average molecular weight is 747 g/mol. The van der Waals surface area contributed by atoms with Gasteiger partial charge in [-0.2, -0.15) is 0 Å². The van der Waals surface area contributed by atoms with E-state index >= 15 is 0 Å². The third-order valence-corrected chi connectivity index (χ3v) is 11.6. The van der Waals surface area contributed by atoms with Gasteiger partial charge in [-0.25, -0.2) is 0 Å². The zero-order valence-electron chi connectivity index (χ0n) is 36.6. The van der Waals surface area contributed by atoms with Crippen molar-refractivity contribution in [3.63, 3.8) is 0 Å². The van der Waals surface area contributed by atoms with Crippen LogP contribution >= 0.6 is 0 Å². The van der Waals surface area contributed by atoms with Gasteiger partial charge in [0.25, 0.3) is 0 Å². The van der Waals surface area contributed by atoms with Crippen LogP contribution in [-0.2, 0) is 9.59 Å². The molecule has 0 aliphatic carbocycles. The molecule has 2 N–H and O–H groups in total. The summed E-state index contributed by atoms with van der Waals surface area (Å²) in [6.45, 7) is 4.86. The number of amides is 2. The highest BCUT2D eigenvalue weighted by Crippen LogP contribution is 2.17. The molecule has 0 radical (unpaired) electrons. The molecule has 4 heteroatoms. The van der Waals surface area contributed by atoms with Crippen molar-refractivity contribution in [3.8, 4) is 0 Å².